The Balaban J connectivity index is 1.64. The fourth-order valence-corrected chi connectivity index (χ4v) is 5.17. The number of carboxylic acid groups (broad SMARTS) is 1. The summed E-state index contributed by atoms with van der Waals surface area (Å²) in [5.41, 5.74) is -0.0859. The first kappa shape index (κ1) is 26.5. The van der Waals surface area contributed by atoms with E-state index in [-0.39, 0.29) is 37.0 Å². The Kier molecular flexibility index (Phi) is 7.21. The minimum atomic E-state index is -3.12. The molecule has 37 heavy (non-hydrogen) atoms. The van der Waals surface area contributed by atoms with Crippen LogP contribution in [0, 0.1) is 12.3 Å². The Morgan fingerprint density at radius 1 is 1.14 bits per heavy atom. The van der Waals surface area contributed by atoms with E-state index in [1.165, 1.54) is 11.0 Å². The van der Waals surface area contributed by atoms with E-state index < -0.39 is 35.2 Å². The number of anilines is 1. The zero-order chi connectivity index (χ0) is 27.0. The maximum atomic E-state index is 13.8. The van der Waals surface area contributed by atoms with E-state index in [1.807, 2.05) is 38.1 Å². The number of pyridine rings is 1. The Labute approximate surface area is 214 Å². The van der Waals surface area contributed by atoms with Crippen LogP contribution in [0.5, 0.6) is 5.88 Å². The Hall–Kier alpha value is -3.56. The van der Waals surface area contributed by atoms with E-state index >= 15 is 0 Å². The van der Waals surface area contributed by atoms with Gasteiger partial charge in [-0.2, -0.15) is 8.78 Å². The second kappa shape index (κ2) is 10.1. The highest BCUT2D eigenvalue weighted by molar-refractivity contribution is 6.03. The van der Waals surface area contributed by atoms with Crippen molar-refractivity contribution < 1.29 is 33.0 Å². The molecule has 2 amide bonds. The highest BCUT2D eigenvalue weighted by Crippen LogP contribution is 2.46. The van der Waals surface area contributed by atoms with E-state index in [0.29, 0.717) is 18.5 Å². The molecule has 1 aliphatic carbocycles. The number of carbonyl (C=O) groups excluding carboxylic acids is 2. The summed E-state index contributed by atoms with van der Waals surface area (Å²) in [4.78, 5) is 44.2. The van der Waals surface area contributed by atoms with Gasteiger partial charge in [-0.25, -0.2) is 4.98 Å². The third kappa shape index (κ3) is 5.01. The van der Waals surface area contributed by atoms with Crippen molar-refractivity contribution in [2.45, 2.75) is 64.4 Å². The molecule has 2 N–H and O–H groups in total. The van der Waals surface area contributed by atoms with Crippen molar-refractivity contribution in [2.24, 2.45) is 5.41 Å². The van der Waals surface area contributed by atoms with Crippen molar-refractivity contribution in [3.63, 3.8) is 0 Å². The lowest BCUT2D eigenvalue weighted by molar-refractivity contribution is -0.162. The minimum absolute atomic E-state index is 0.00128. The molecule has 4 rings (SSSR count). The van der Waals surface area contributed by atoms with Gasteiger partial charge in [-0.15, -0.1) is 0 Å². The number of amides is 2. The van der Waals surface area contributed by atoms with Gasteiger partial charge < -0.3 is 20.1 Å². The van der Waals surface area contributed by atoms with Crippen molar-refractivity contribution in [2.75, 3.05) is 18.4 Å². The number of nitrogens with one attached hydrogen (secondary N) is 1. The number of ether oxygens (including phenoxy) is 1. The number of aromatic nitrogens is 1. The lowest BCUT2D eigenvalue weighted by Gasteiger charge is -2.51. The molecule has 1 aromatic carbocycles. The van der Waals surface area contributed by atoms with Crippen LogP contribution in [-0.2, 0) is 19.8 Å². The van der Waals surface area contributed by atoms with Gasteiger partial charge in [0.2, 0.25) is 17.7 Å². The number of carboxylic acids is 1. The van der Waals surface area contributed by atoms with E-state index in [9.17, 15) is 28.3 Å². The summed E-state index contributed by atoms with van der Waals surface area (Å²) in [6, 6.07) is 10.5. The van der Waals surface area contributed by atoms with Gasteiger partial charge in [0.05, 0.1) is 5.41 Å². The maximum absolute atomic E-state index is 13.8. The highest BCUT2D eigenvalue weighted by atomic mass is 19.3. The average Bonchev–Trinajstić information content (AvgIpc) is 2.77. The van der Waals surface area contributed by atoms with Gasteiger partial charge in [-0.05, 0) is 48.9 Å². The van der Waals surface area contributed by atoms with Gasteiger partial charge in [0.1, 0.15) is 11.1 Å². The number of hydrogen-bond acceptors (Lipinski definition) is 5. The van der Waals surface area contributed by atoms with Crippen LogP contribution >= 0.6 is 0 Å². The molecule has 1 aliphatic heterocycles. The van der Waals surface area contributed by atoms with Crippen molar-refractivity contribution in [3.05, 3.63) is 53.2 Å². The standard InChI is InChI=1S/C27H31F2N3O5/c1-16(2)18-7-4-5-8-19(18)27(14-32(15-27)21(33)13-26(24(35)36)11-6-12-26)23(34)31-20-10-9-17(3)30-22(20)37-25(28)29/h4-5,7-10,16,25H,6,11-15H2,1-3H3,(H,31,34)(H,35,36). The molecule has 1 saturated heterocycles. The zero-order valence-corrected chi connectivity index (χ0v) is 21.1. The molecule has 2 aliphatic rings. The second-order valence-corrected chi connectivity index (χ2v) is 10.3. The number of likely N-dealkylation sites (tertiary alicyclic amines) is 1. The number of alkyl halides is 2. The van der Waals surface area contributed by atoms with Gasteiger partial charge in [-0.1, -0.05) is 44.5 Å². The van der Waals surface area contributed by atoms with Gasteiger partial charge >= 0.3 is 12.6 Å². The SMILES string of the molecule is Cc1ccc(NC(=O)C2(c3ccccc3C(C)C)CN(C(=O)CC3(C(=O)O)CCC3)C2)c(OC(F)F)n1. The van der Waals surface area contributed by atoms with E-state index in [1.54, 1.807) is 13.0 Å². The number of halogens is 2. The van der Waals surface area contributed by atoms with Crippen molar-refractivity contribution in [1.29, 1.82) is 0 Å². The van der Waals surface area contributed by atoms with Crippen LogP contribution in [0.2, 0.25) is 0 Å². The number of carbonyl (C=O) groups is 3. The maximum Gasteiger partial charge on any atom is 0.388 e. The Bertz CT molecular complexity index is 1210. The minimum Gasteiger partial charge on any atom is -0.481 e. The van der Waals surface area contributed by atoms with Crippen LogP contribution in [-0.4, -0.2) is 52.5 Å². The Morgan fingerprint density at radius 3 is 2.38 bits per heavy atom. The lowest BCUT2D eigenvalue weighted by atomic mass is 9.65. The quantitative estimate of drug-likeness (QED) is 0.510. The molecule has 1 aromatic heterocycles. The molecule has 0 atom stereocenters. The lowest BCUT2D eigenvalue weighted by Crippen LogP contribution is -2.67. The molecule has 10 heteroatoms. The summed E-state index contributed by atoms with van der Waals surface area (Å²) < 4.78 is 30.5. The van der Waals surface area contributed by atoms with E-state index in [4.69, 9.17) is 0 Å². The molecule has 2 fully saturated rings. The summed E-state index contributed by atoms with van der Waals surface area (Å²) in [6.45, 7) is 2.58. The number of hydrogen-bond donors (Lipinski definition) is 2. The number of nitrogens with zero attached hydrogens (tertiary/aromatic N) is 2. The van der Waals surface area contributed by atoms with Crippen molar-refractivity contribution in [3.8, 4) is 5.88 Å². The molecule has 2 heterocycles. The van der Waals surface area contributed by atoms with Gasteiger partial charge in [0, 0.05) is 25.2 Å². The summed E-state index contributed by atoms with van der Waals surface area (Å²) in [7, 11) is 0. The van der Waals surface area contributed by atoms with Crippen LogP contribution in [0.25, 0.3) is 0 Å². The van der Waals surface area contributed by atoms with Crippen LogP contribution in [0.1, 0.15) is 62.3 Å². The fraction of sp³-hybridized carbons (Fsp3) is 0.481. The molecule has 0 spiro atoms. The first-order valence-electron chi connectivity index (χ1n) is 12.3. The van der Waals surface area contributed by atoms with E-state index in [2.05, 4.69) is 15.0 Å². The molecular weight excluding hydrogens is 484 g/mol. The summed E-state index contributed by atoms with van der Waals surface area (Å²) >= 11 is 0. The van der Waals surface area contributed by atoms with Gasteiger partial charge in [0.25, 0.3) is 0 Å². The van der Waals surface area contributed by atoms with Crippen LogP contribution in [0.15, 0.2) is 36.4 Å². The molecule has 0 radical (unpaired) electrons. The topological polar surface area (TPSA) is 109 Å². The normalized spacial score (nSPS) is 17.6. The van der Waals surface area contributed by atoms with Gasteiger partial charge in [-0.3, -0.25) is 14.4 Å². The third-order valence-electron chi connectivity index (χ3n) is 7.51. The number of benzene rings is 1. The molecular formula is C27H31F2N3O5. The monoisotopic (exact) mass is 515 g/mol. The van der Waals surface area contributed by atoms with Crippen LogP contribution in [0.3, 0.4) is 0 Å². The predicted octanol–water partition coefficient (Wildman–Crippen LogP) is 4.48. The molecule has 0 bridgehead atoms. The number of aliphatic carboxylic acids is 1. The number of aryl methyl sites for hydroxylation is 1. The average molecular weight is 516 g/mol. The van der Waals surface area contributed by atoms with Gasteiger partial charge in [0.15, 0.2) is 0 Å². The van der Waals surface area contributed by atoms with Crippen LogP contribution < -0.4 is 10.1 Å². The van der Waals surface area contributed by atoms with E-state index in [0.717, 1.165) is 17.5 Å². The first-order valence-corrected chi connectivity index (χ1v) is 12.3. The highest BCUT2D eigenvalue weighted by Gasteiger charge is 2.55. The summed E-state index contributed by atoms with van der Waals surface area (Å²) in [5, 5.41) is 12.3. The smallest absolute Gasteiger partial charge is 0.388 e. The second-order valence-electron chi connectivity index (χ2n) is 10.3. The largest absolute Gasteiger partial charge is 0.481 e. The van der Waals surface area contributed by atoms with Crippen LogP contribution in [0.4, 0.5) is 14.5 Å². The Morgan fingerprint density at radius 2 is 1.81 bits per heavy atom. The summed E-state index contributed by atoms with van der Waals surface area (Å²) in [6.07, 6.45) is 1.57. The molecule has 198 valence electrons. The molecule has 8 nitrogen and oxygen atoms in total. The fourth-order valence-electron chi connectivity index (χ4n) is 5.17. The number of rotatable bonds is 9. The predicted molar refractivity (Wildman–Crippen MR) is 132 cm³/mol. The molecule has 1 saturated carbocycles. The zero-order valence-electron chi connectivity index (χ0n) is 21.1. The van der Waals surface area contributed by atoms with Crippen molar-refractivity contribution >= 4 is 23.5 Å². The summed E-state index contributed by atoms with van der Waals surface area (Å²) in [5.74, 6) is -2.08. The first-order chi connectivity index (χ1) is 17.5. The molecule has 0 unspecified atom stereocenters. The van der Waals surface area contributed by atoms with Crippen molar-refractivity contribution in [1.82, 2.24) is 9.88 Å². The third-order valence-corrected chi connectivity index (χ3v) is 7.51. The molecule has 2 aromatic rings.